The van der Waals surface area contributed by atoms with Crippen LogP contribution in [0, 0.1) is 5.92 Å². The van der Waals surface area contributed by atoms with E-state index in [1.54, 1.807) is 0 Å². The Bertz CT molecular complexity index is 441. The van der Waals surface area contributed by atoms with E-state index in [1.165, 1.54) is 5.69 Å². The van der Waals surface area contributed by atoms with E-state index in [0.29, 0.717) is 31.8 Å². The highest BCUT2D eigenvalue weighted by molar-refractivity contribution is 5.06. The molecule has 0 saturated carbocycles. The van der Waals surface area contributed by atoms with Gasteiger partial charge in [-0.15, -0.1) is 0 Å². The minimum Gasteiger partial charge on any atom is -0.389 e. The molecule has 5 nitrogen and oxygen atoms in total. The SMILES string of the molecule is CC(C)COCC(O)CN(Cc1cccn1C)CC1CCCO1. The van der Waals surface area contributed by atoms with Gasteiger partial charge in [-0.2, -0.15) is 0 Å². The Morgan fingerprint density at radius 2 is 2.26 bits per heavy atom. The lowest BCUT2D eigenvalue weighted by Crippen LogP contribution is -2.39. The molecule has 2 atom stereocenters. The number of hydrogen-bond donors (Lipinski definition) is 1. The molecule has 1 aliphatic rings. The molecule has 132 valence electrons. The van der Waals surface area contributed by atoms with Gasteiger partial charge in [0.15, 0.2) is 0 Å². The Morgan fingerprint density at radius 3 is 2.87 bits per heavy atom. The topological polar surface area (TPSA) is 46.9 Å². The second kappa shape index (κ2) is 9.42. The fraction of sp³-hybridized carbons (Fsp3) is 0.778. The first-order valence-corrected chi connectivity index (χ1v) is 8.74. The van der Waals surface area contributed by atoms with Crippen LogP contribution in [0.4, 0.5) is 0 Å². The second-order valence-corrected chi connectivity index (χ2v) is 7.02. The summed E-state index contributed by atoms with van der Waals surface area (Å²) in [6.45, 7) is 8.49. The van der Waals surface area contributed by atoms with Crippen molar-refractivity contribution in [2.45, 2.75) is 45.4 Å². The average molecular weight is 324 g/mol. The van der Waals surface area contributed by atoms with Gasteiger partial charge in [0.25, 0.3) is 0 Å². The van der Waals surface area contributed by atoms with Gasteiger partial charge in [0.2, 0.25) is 0 Å². The molecule has 1 aromatic rings. The molecule has 1 aromatic heterocycles. The van der Waals surface area contributed by atoms with Crippen LogP contribution in [0.2, 0.25) is 0 Å². The summed E-state index contributed by atoms with van der Waals surface area (Å²) in [5, 5.41) is 10.3. The molecule has 0 bridgehead atoms. The van der Waals surface area contributed by atoms with Crippen molar-refractivity contribution in [2.24, 2.45) is 13.0 Å². The normalized spacial score (nSPS) is 19.8. The van der Waals surface area contributed by atoms with Crippen LogP contribution in [-0.2, 0) is 23.1 Å². The molecular formula is C18H32N2O3. The largest absolute Gasteiger partial charge is 0.389 e. The highest BCUT2D eigenvalue weighted by atomic mass is 16.5. The lowest BCUT2D eigenvalue weighted by Gasteiger charge is -2.27. The molecule has 1 fully saturated rings. The van der Waals surface area contributed by atoms with E-state index >= 15 is 0 Å². The van der Waals surface area contributed by atoms with Crippen LogP contribution in [0.15, 0.2) is 18.3 Å². The maximum atomic E-state index is 10.3. The first-order chi connectivity index (χ1) is 11.0. The first-order valence-electron chi connectivity index (χ1n) is 8.74. The van der Waals surface area contributed by atoms with Crippen molar-refractivity contribution >= 4 is 0 Å². The Hall–Kier alpha value is -0.880. The van der Waals surface area contributed by atoms with Crippen molar-refractivity contribution in [3.8, 4) is 0 Å². The van der Waals surface area contributed by atoms with E-state index in [-0.39, 0.29) is 0 Å². The number of ether oxygens (including phenoxy) is 2. The monoisotopic (exact) mass is 324 g/mol. The molecule has 0 radical (unpaired) electrons. The summed E-state index contributed by atoms with van der Waals surface area (Å²) in [7, 11) is 2.06. The fourth-order valence-corrected chi connectivity index (χ4v) is 2.96. The van der Waals surface area contributed by atoms with E-state index in [9.17, 15) is 5.11 Å². The molecule has 2 unspecified atom stereocenters. The maximum Gasteiger partial charge on any atom is 0.0900 e. The van der Waals surface area contributed by atoms with Crippen LogP contribution in [-0.4, -0.2) is 59.7 Å². The summed E-state index contributed by atoms with van der Waals surface area (Å²) < 4.78 is 13.5. The van der Waals surface area contributed by atoms with Gasteiger partial charge in [-0.1, -0.05) is 13.8 Å². The van der Waals surface area contributed by atoms with Gasteiger partial charge in [0.05, 0.1) is 18.8 Å². The number of rotatable bonds is 10. The Morgan fingerprint density at radius 1 is 1.43 bits per heavy atom. The van der Waals surface area contributed by atoms with Crippen molar-refractivity contribution in [3.05, 3.63) is 24.0 Å². The molecule has 0 aromatic carbocycles. The number of hydrogen-bond acceptors (Lipinski definition) is 4. The van der Waals surface area contributed by atoms with Crippen LogP contribution in [0.1, 0.15) is 32.4 Å². The molecule has 23 heavy (non-hydrogen) atoms. The molecule has 0 spiro atoms. The van der Waals surface area contributed by atoms with Crippen LogP contribution < -0.4 is 0 Å². The number of aliphatic hydroxyl groups is 1. The molecule has 1 aliphatic heterocycles. The zero-order valence-electron chi connectivity index (χ0n) is 14.8. The predicted molar refractivity (Wildman–Crippen MR) is 91.3 cm³/mol. The summed E-state index contributed by atoms with van der Waals surface area (Å²) in [5.74, 6) is 0.494. The summed E-state index contributed by atoms with van der Waals surface area (Å²) in [5.41, 5.74) is 1.25. The number of nitrogens with zero attached hydrogens (tertiary/aromatic N) is 2. The molecule has 1 N–H and O–H groups in total. The van der Waals surface area contributed by atoms with Crippen molar-refractivity contribution < 1.29 is 14.6 Å². The summed E-state index contributed by atoms with van der Waals surface area (Å²) in [6.07, 6.45) is 4.14. The summed E-state index contributed by atoms with van der Waals surface area (Å²) in [4.78, 5) is 2.29. The number of aliphatic hydroxyl groups excluding tert-OH is 1. The van der Waals surface area contributed by atoms with E-state index < -0.39 is 6.10 Å². The lowest BCUT2D eigenvalue weighted by molar-refractivity contribution is -0.00430. The fourth-order valence-electron chi connectivity index (χ4n) is 2.96. The summed E-state index contributed by atoms with van der Waals surface area (Å²) in [6, 6.07) is 4.19. The number of aryl methyl sites for hydroxylation is 1. The highest BCUT2D eigenvalue weighted by Gasteiger charge is 2.21. The first kappa shape index (κ1) is 18.5. The van der Waals surface area contributed by atoms with Gasteiger partial charge in [0, 0.05) is 51.8 Å². The highest BCUT2D eigenvalue weighted by Crippen LogP contribution is 2.15. The van der Waals surface area contributed by atoms with Crippen LogP contribution in [0.25, 0.3) is 0 Å². The van der Waals surface area contributed by atoms with Crippen molar-refractivity contribution in [1.29, 1.82) is 0 Å². The van der Waals surface area contributed by atoms with Crippen LogP contribution in [0.5, 0.6) is 0 Å². The molecule has 2 heterocycles. The van der Waals surface area contributed by atoms with Crippen LogP contribution >= 0.6 is 0 Å². The third-order valence-corrected chi connectivity index (χ3v) is 4.15. The molecule has 0 aliphatic carbocycles. The van der Waals surface area contributed by atoms with Crippen molar-refractivity contribution in [3.63, 3.8) is 0 Å². The van der Waals surface area contributed by atoms with Crippen LogP contribution in [0.3, 0.4) is 0 Å². The predicted octanol–water partition coefficient (Wildman–Crippen LogP) is 2.04. The standard InChI is InChI=1S/C18H32N2O3/c1-15(2)13-22-14-17(21)11-20(12-18-7-5-9-23-18)10-16-6-4-8-19(16)3/h4,6,8,15,17-18,21H,5,7,9-14H2,1-3H3. The average Bonchev–Trinajstić information content (AvgIpc) is 3.11. The van der Waals surface area contributed by atoms with Crippen molar-refractivity contribution in [2.75, 3.05) is 32.9 Å². The Labute approximate surface area is 140 Å². The smallest absolute Gasteiger partial charge is 0.0900 e. The molecular weight excluding hydrogens is 292 g/mol. The van der Waals surface area contributed by atoms with Gasteiger partial charge in [-0.25, -0.2) is 0 Å². The minimum absolute atomic E-state index is 0.291. The second-order valence-electron chi connectivity index (χ2n) is 7.02. The number of aromatic nitrogens is 1. The van der Waals surface area contributed by atoms with E-state index in [4.69, 9.17) is 9.47 Å². The zero-order valence-corrected chi connectivity index (χ0v) is 14.8. The third kappa shape index (κ3) is 6.63. The molecule has 5 heteroatoms. The van der Waals surface area contributed by atoms with E-state index in [0.717, 1.165) is 32.5 Å². The van der Waals surface area contributed by atoms with Gasteiger partial charge in [0.1, 0.15) is 0 Å². The van der Waals surface area contributed by atoms with Gasteiger partial charge < -0.3 is 19.1 Å². The summed E-state index contributed by atoms with van der Waals surface area (Å²) >= 11 is 0. The molecule has 1 saturated heterocycles. The Balaban J connectivity index is 1.85. The van der Waals surface area contributed by atoms with Gasteiger partial charge in [-0.3, -0.25) is 4.90 Å². The van der Waals surface area contributed by atoms with Crippen molar-refractivity contribution in [1.82, 2.24) is 9.47 Å². The molecule has 2 rings (SSSR count). The van der Waals surface area contributed by atoms with Gasteiger partial charge >= 0.3 is 0 Å². The maximum absolute atomic E-state index is 10.3. The minimum atomic E-state index is -0.463. The van der Waals surface area contributed by atoms with E-state index in [2.05, 4.69) is 48.7 Å². The van der Waals surface area contributed by atoms with E-state index in [1.807, 2.05) is 0 Å². The molecule has 0 amide bonds. The lowest BCUT2D eigenvalue weighted by atomic mass is 10.2. The Kier molecular flexibility index (Phi) is 7.56. The zero-order chi connectivity index (χ0) is 16.7. The third-order valence-electron chi connectivity index (χ3n) is 4.15. The quantitative estimate of drug-likeness (QED) is 0.715. The van der Waals surface area contributed by atoms with Gasteiger partial charge in [-0.05, 0) is 30.9 Å².